The van der Waals surface area contributed by atoms with Crippen molar-refractivity contribution in [3.05, 3.63) is 58.4 Å². The highest BCUT2D eigenvalue weighted by Gasteiger charge is 2.07. The second kappa shape index (κ2) is 5.20. The number of rotatable bonds is 4. The maximum absolute atomic E-state index is 10.7. The molecule has 0 radical (unpaired) electrons. The van der Waals surface area contributed by atoms with Crippen molar-refractivity contribution in [3.63, 3.8) is 0 Å². The molecule has 2 heterocycles. The molecule has 7 nitrogen and oxygen atoms in total. The van der Waals surface area contributed by atoms with E-state index < -0.39 is 4.92 Å². The van der Waals surface area contributed by atoms with Crippen LogP contribution in [0.25, 0.3) is 10.9 Å². The molecule has 0 unspecified atom stereocenters. The number of non-ortho nitro benzene ring substituents is 1. The van der Waals surface area contributed by atoms with Gasteiger partial charge < -0.3 is 5.32 Å². The predicted octanol–water partition coefficient (Wildman–Crippen LogP) is 2.49. The average molecular weight is 283 g/mol. The van der Waals surface area contributed by atoms with Gasteiger partial charge in [-0.15, -0.1) is 0 Å². The Morgan fingerprint density at radius 2 is 2.14 bits per heavy atom. The number of aryl methyl sites for hydroxylation is 1. The summed E-state index contributed by atoms with van der Waals surface area (Å²) in [5.74, 6) is 0.710. The lowest BCUT2D eigenvalue weighted by Gasteiger charge is -2.05. The Bertz CT molecular complexity index is 812. The highest BCUT2D eigenvalue weighted by molar-refractivity contribution is 5.82. The van der Waals surface area contributed by atoms with E-state index >= 15 is 0 Å². The molecule has 1 aromatic carbocycles. The lowest BCUT2D eigenvalue weighted by molar-refractivity contribution is -0.384. The van der Waals surface area contributed by atoms with Crippen molar-refractivity contribution in [2.45, 2.75) is 6.54 Å². The molecule has 0 fully saturated rings. The van der Waals surface area contributed by atoms with Crippen molar-refractivity contribution in [1.29, 1.82) is 0 Å². The fraction of sp³-hybridized carbons (Fsp3) is 0.143. The van der Waals surface area contributed by atoms with E-state index in [4.69, 9.17) is 0 Å². The van der Waals surface area contributed by atoms with Crippen LogP contribution < -0.4 is 5.32 Å². The second-order valence-corrected chi connectivity index (χ2v) is 4.66. The van der Waals surface area contributed by atoms with E-state index in [0.717, 1.165) is 11.1 Å². The zero-order chi connectivity index (χ0) is 14.8. The van der Waals surface area contributed by atoms with Gasteiger partial charge in [0.25, 0.3) is 5.69 Å². The molecule has 2 aromatic heterocycles. The summed E-state index contributed by atoms with van der Waals surface area (Å²) in [6, 6.07) is 10.2. The van der Waals surface area contributed by atoms with Gasteiger partial charge in [0.05, 0.1) is 22.7 Å². The van der Waals surface area contributed by atoms with Gasteiger partial charge in [0, 0.05) is 30.8 Å². The summed E-state index contributed by atoms with van der Waals surface area (Å²) in [6.45, 7) is 0.576. The smallest absolute Gasteiger partial charge is 0.270 e. The Morgan fingerprint density at radius 3 is 2.86 bits per heavy atom. The Morgan fingerprint density at radius 1 is 1.29 bits per heavy atom. The number of hydrogen-bond acceptors (Lipinski definition) is 5. The van der Waals surface area contributed by atoms with Crippen molar-refractivity contribution >= 4 is 22.4 Å². The van der Waals surface area contributed by atoms with E-state index in [-0.39, 0.29) is 5.69 Å². The SMILES string of the molecule is Cn1ccc(CNc2ccc3cc([N+](=O)[O-])ccc3n2)n1. The molecule has 106 valence electrons. The molecule has 0 saturated heterocycles. The van der Waals surface area contributed by atoms with E-state index in [9.17, 15) is 10.1 Å². The van der Waals surface area contributed by atoms with Crippen LogP contribution >= 0.6 is 0 Å². The molecule has 0 saturated carbocycles. The Labute approximate surface area is 120 Å². The van der Waals surface area contributed by atoms with Gasteiger partial charge in [-0.2, -0.15) is 5.10 Å². The van der Waals surface area contributed by atoms with Crippen LogP contribution in [0.2, 0.25) is 0 Å². The molecule has 1 N–H and O–H groups in total. The van der Waals surface area contributed by atoms with Gasteiger partial charge in [0.2, 0.25) is 0 Å². The highest BCUT2D eigenvalue weighted by Crippen LogP contribution is 2.21. The third-order valence-corrected chi connectivity index (χ3v) is 3.10. The largest absolute Gasteiger partial charge is 0.364 e. The molecular weight excluding hydrogens is 270 g/mol. The third-order valence-electron chi connectivity index (χ3n) is 3.10. The minimum atomic E-state index is -0.410. The lowest BCUT2D eigenvalue weighted by atomic mass is 10.2. The minimum Gasteiger partial charge on any atom is -0.364 e. The lowest BCUT2D eigenvalue weighted by Crippen LogP contribution is -2.02. The molecule has 3 rings (SSSR count). The van der Waals surface area contributed by atoms with Crippen molar-refractivity contribution in [3.8, 4) is 0 Å². The number of benzene rings is 1. The van der Waals surface area contributed by atoms with Crippen LogP contribution in [0.4, 0.5) is 11.5 Å². The molecular formula is C14H13N5O2. The molecule has 7 heteroatoms. The molecule has 0 aliphatic heterocycles. The van der Waals surface area contributed by atoms with Crippen molar-refractivity contribution in [1.82, 2.24) is 14.8 Å². The van der Waals surface area contributed by atoms with E-state index in [0.29, 0.717) is 17.9 Å². The standard InChI is InChI=1S/C14H13N5O2/c1-18-7-6-11(17-18)9-15-14-5-2-10-8-12(19(20)21)3-4-13(10)16-14/h2-8H,9H2,1H3,(H,15,16). The molecule has 3 aromatic rings. The quantitative estimate of drug-likeness (QED) is 0.587. The predicted molar refractivity (Wildman–Crippen MR) is 78.9 cm³/mol. The number of fused-ring (bicyclic) bond motifs is 1. The van der Waals surface area contributed by atoms with Crippen LogP contribution in [0.3, 0.4) is 0 Å². The highest BCUT2D eigenvalue weighted by atomic mass is 16.6. The maximum atomic E-state index is 10.7. The van der Waals surface area contributed by atoms with Crippen LogP contribution in [-0.2, 0) is 13.6 Å². The summed E-state index contributed by atoms with van der Waals surface area (Å²) >= 11 is 0. The summed E-state index contributed by atoms with van der Waals surface area (Å²) in [5.41, 5.74) is 1.70. The van der Waals surface area contributed by atoms with E-state index in [1.54, 1.807) is 16.8 Å². The van der Waals surface area contributed by atoms with Gasteiger partial charge in [0.1, 0.15) is 5.82 Å². The average Bonchev–Trinajstić information content (AvgIpc) is 2.90. The first-order valence-corrected chi connectivity index (χ1v) is 6.39. The molecule has 0 aliphatic carbocycles. The third kappa shape index (κ3) is 2.81. The number of aromatic nitrogens is 3. The second-order valence-electron chi connectivity index (χ2n) is 4.66. The zero-order valence-electron chi connectivity index (χ0n) is 11.4. The van der Waals surface area contributed by atoms with Gasteiger partial charge in [-0.05, 0) is 24.3 Å². The number of nitrogens with one attached hydrogen (secondary N) is 1. The Kier molecular flexibility index (Phi) is 3.23. The van der Waals surface area contributed by atoms with Crippen LogP contribution in [0.15, 0.2) is 42.6 Å². The topological polar surface area (TPSA) is 85.9 Å². The van der Waals surface area contributed by atoms with Crippen LogP contribution in [0.5, 0.6) is 0 Å². The molecule has 0 atom stereocenters. The Balaban J connectivity index is 1.80. The first-order valence-electron chi connectivity index (χ1n) is 6.39. The van der Waals surface area contributed by atoms with E-state index in [1.807, 2.05) is 25.4 Å². The first-order chi connectivity index (χ1) is 10.1. The molecule has 0 bridgehead atoms. The minimum absolute atomic E-state index is 0.0681. The monoisotopic (exact) mass is 283 g/mol. The summed E-state index contributed by atoms with van der Waals surface area (Å²) in [5, 5.41) is 18.9. The summed E-state index contributed by atoms with van der Waals surface area (Å²) in [4.78, 5) is 14.8. The zero-order valence-corrected chi connectivity index (χ0v) is 11.4. The number of nitro groups is 1. The van der Waals surface area contributed by atoms with Crippen LogP contribution in [-0.4, -0.2) is 19.7 Å². The molecule has 21 heavy (non-hydrogen) atoms. The number of nitrogens with zero attached hydrogens (tertiary/aromatic N) is 4. The van der Waals surface area contributed by atoms with E-state index in [2.05, 4.69) is 15.4 Å². The number of nitro benzene ring substituents is 1. The van der Waals surface area contributed by atoms with Crippen molar-refractivity contribution in [2.75, 3.05) is 5.32 Å². The van der Waals surface area contributed by atoms with E-state index in [1.165, 1.54) is 12.1 Å². The normalized spacial score (nSPS) is 10.7. The van der Waals surface area contributed by atoms with Gasteiger partial charge >= 0.3 is 0 Å². The molecule has 0 amide bonds. The summed E-state index contributed by atoms with van der Waals surface area (Å²) < 4.78 is 1.74. The van der Waals surface area contributed by atoms with Gasteiger partial charge in [-0.3, -0.25) is 14.8 Å². The van der Waals surface area contributed by atoms with Crippen LogP contribution in [0.1, 0.15) is 5.69 Å². The number of pyridine rings is 1. The fourth-order valence-corrected chi connectivity index (χ4v) is 2.06. The summed E-state index contributed by atoms with van der Waals surface area (Å²) in [7, 11) is 1.87. The van der Waals surface area contributed by atoms with Gasteiger partial charge in [0.15, 0.2) is 0 Å². The molecule has 0 aliphatic rings. The maximum Gasteiger partial charge on any atom is 0.270 e. The Hall–Kier alpha value is -2.96. The number of anilines is 1. The van der Waals surface area contributed by atoms with Gasteiger partial charge in [-0.25, -0.2) is 4.98 Å². The summed E-state index contributed by atoms with van der Waals surface area (Å²) in [6.07, 6.45) is 1.88. The van der Waals surface area contributed by atoms with Crippen LogP contribution in [0, 0.1) is 10.1 Å². The van der Waals surface area contributed by atoms with Crippen molar-refractivity contribution < 1.29 is 4.92 Å². The molecule has 0 spiro atoms. The van der Waals surface area contributed by atoms with Crippen molar-refractivity contribution in [2.24, 2.45) is 7.05 Å². The number of hydrogen-bond donors (Lipinski definition) is 1. The van der Waals surface area contributed by atoms with Gasteiger partial charge in [-0.1, -0.05) is 0 Å². The fourth-order valence-electron chi connectivity index (χ4n) is 2.06. The first kappa shape index (κ1) is 13.0.